The highest BCUT2D eigenvalue weighted by molar-refractivity contribution is 5.89. The van der Waals surface area contributed by atoms with Crippen molar-refractivity contribution in [2.75, 3.05) is 6.54 Å². The van der Waals surface area contributed by atoms with E-state index in [1.165, 1.54) is 18.4 Å². The van der Waals surface area contributed by atoms with Crippen LogP contribution in [0.1, 0.15) is 47.7 Å². The van der Waals surface area contributed by atoms with Crippen molar-refractivity contribution in [1.29, 1.82) is 0 Å². The third kappa shape index (κ3) is 3.79. The molecule has 0 bridgehead atoms. The van der Waals surface area contributed by atoms with E-state index in [4.69, 9.17) is 0 Å². The Bertz CT molecular complexity index is 807. The van der Waals surface area contributed by atoms with Gasteiger partial charge in [0.15, 0.2) is 0 Å². The third-order valence-electron chi connectivity index (χ3n) is 5.18. The number of carbonyl (C=O) groups is 2. The van der Waals surface area contributed by atoms with Gasteiger partial charge < -0.3 is 10.2 Å². The number of H-pyrrole nitrogens is 1. The Morgan fingerprint density at radius 1 is 1.31 bits per heavy atom. The monoisotopic (exact) mass is 352 g/mol. The van der Waals surface area contributed by atoms with Crippen molar-refractivity contribution in [3.8, 4) is 0 Å². The Balaban J connectivity index is 1.29. The van der Waals surface area contributed by atoms with Crippen LogP contribution in [0.15, 0.2) is 30.3 Å². The van der Waals surface area contributed by atoms with Crippen LogP contribution in [0.3, 0.4) is 0 Å². The summed E-state index contributed by atoms with van der Waals surface area (Å²) in [5.41, 5.74) is 4.30. The van der Waals surface area contributed by atoms with Crippen LogP contribution in [0.25, 0.3) is 0 Å². The molecule has 2 heterocycles. The number of hydrogen-bond donors (Lipinski definition) is 2. The molecule has 1 aromatic carbocycles. The minimum atomic E-state index is -0.279. The van der Waals surface area contributed by atoms with Crippen molar-refractivity contribution < 1.29 is 9.59 Å². The molecule has 1 aromatic heterocycles. The van der Waals surface area contributed by atoms with Crippen LogP contribution < -0.4 is 5.32 Å². The van der Waals surface area contributed by atoms with Gasteiger partial charge in [0.1, 0.15) is 0 Å². The number of benzene rings is 1. The number of hydrogen-bond acceptors (Lipinski definition) is 3. The summed E-state index contributed by atoms with van der Waals surface area (Å²) in [5.74, 6) is 0.299. The Kier molecular flexibility index (Phi) is 4.49. The fraction of sp³-hybridized carbons (Fsp3) is 0.450. The standard InChI is InChI=1S/C20H24N4O2/c1-13-2-4-14(5-3-13)11-24-12-16(8-19(24)25)20(26)21-10-17-9-18(23-22-17)15-6-7-15/h2-5,9,15-16H,6-8,10-12H2,1H3,(H,21,26)(H,22,23). The number of nitrogens with zero attached hydrogens (tertiary/aromatic N) is 2. The maximum atomic E-state index is 12.4. The Hall–Kier alpha value is -2.63. The molecule has 2 amide bonds. The van der Waals surface area contributed by atoms with Gasteiger partial charge in [-0.1, -0.05) is 29.8 Å². The molecule has 1 aliphatic carbocycles. The molecule has 26 heavy (non-hydrogen) atoms. The first-order valence-electron chi connectivity index (χ1n) is 9.23. The van der Waals surface area contributed by atoms with Crippen molar-refractivity contribution >= 4 is 11.8 Å². The molecule has 1 unspecified atom stereocenters. The smallest absolute Gasteiger partial charge is 0.225 e. The first kappa shape index (κ1) is 16.8. The topological polar surface area (TPSA) is 78.1 Å². The maximum absolute atomic E-state index is 12.4. The first-order chi connectivity index (χ1) is 12.6. The lowest BCUT2D eigenvalue weighted by atomic mass is 10.1. The zero-order valence-electron chi connectivity index (χ0n) is 15.0. The highest BCUT2D eigenvalue weighted by atomic mass is 16.2. The van der Waals surface area contributed by atoms with E-state index in [-0.39, 0.29) is 24.2 Å². The predicted octanol–water partition coefficient (Wildman–Crippen LogP) is 2.26. The average molecular weight is 352 g/mol. The van der Waals surface area contributed by atoms with Crippen molar-refractivity contribution in [3.05, 3.63) is 52.8 Å². The van der Waals surface area contributed by atoms with E-state index in [2.05, 4.69) is 15.5 Å². The van der Waals surface area contributed by atoms with Gasteiger partial charge in [-0.05, 0) is 31.4 Å². The lowest BCUT2D eigenvalue weighted by molar-refractivity contribution is -0.129. The van der Waals surface area contributed by atoms with Gasteiger partial charge in [0.05, 0.1) is 23.9 Å². The van der Waals surface area contributed by atoms with E-state index in [0.717, 1.165) is 17.0 Å². The summed E-state index contributed by atoms with van der Waals surface area (Å²) >= 11 is 0. The SMILES string of the molecule is Cc1ccc(CN2CC(C(=O)NCc3cc(C4CC4)n[nH]3)CC2=O)cc1. The van der Waals surface area contributed by atoms with Gasteiger partial charge in [-0.2, -0.15) is 5.10 Å². The van der Waals surface area contributed by atoms with Crippen LogP contribution in [-0.4, -0.2) is 33.5 Å². The Morgan fingerprint density at radius 3 is 2.81 bits per heavy atom. The molecule has 6 heteroatoms. The van der Waals surface area contributed by atoms with Crippen LogP contribution in [0, 0.1) is 12.8 Å². The fourth-order valence-corrected chi connectivity index (χ4v) is 3.40. The van der Waals surface area contributed by atoms with Gasteiger partial charge >= 0.3 is 0 Å². The van der Waals surface area contributed by atoms with Crippen LogP contribution in [0.2, 0.25) is 0 Å². The second-order valence-corrected chi connectivity index (χ2v) is 7.47. The predicted molar refractivity (Wildman–Crippen MR) is 97.1 cm³/mol. The zero-order valence-corrected chi connectivity index (χ0v) is 15.0. The van der Waals surface area contributed by atoms with Gasteiger partial charge in [0.25, 0.3) is 0 Å². The number of aromatic nitrogens is 2. The molecule has 2 fully saturated rings. The highest BCUT2D eigenvalue weighted by Gasteiger charge is 2.34. The second kappa shape index (κ2) is 6.94. The highest BCUT2D eigenvalue weighted by Crippen LogP contribution is 2.38. The summed E-state index contributed by atoms with van der Waals surface area (Å²) < 4.78 is 0. The number of aromatic amines is 1. The number of nitrogens with one attached hydrogen (secondary N) is 2. The molecule has 2 aromatic rings. The van der Waals surface area contributed by atoms with Gasteiger partial charge in [0, 0.05) is 25.4 Å². The van der Waals surface area contributed by atoms with E-state index in [1.807, 2.05) is 37.3 Å². The summed E-state index contributed by atoms with van der Waals surface area (Å²) in [6.07, 6.45) is 2.70. The Labute approximate surface area is 153 Å². The van der Waals surface area contributed by atoms with Crippen LogP contribution in [0.4, 0.5) is 0 Å². The van der Waals surface area contributed by atoms with Crippen LogP contribution in [0.5, 0.6) is 0 Å². The van der Waals surface area contributed by atoms with Crippen LogP contribution in [-0.2, 0) is 22.7 Å². The minimum Gasteiger partial charge on any atom is -0.350 e. The second-order valence-electron chi connectivity index (χ2n) is 7.47. The molecule has 1 atom stereocenters. The summed E-state index contributed by atoms with van der Waals surface area (Å²) in [5, 5.41) is 10.2. The van der Waals surface area contributed by atoms with E-state index in [0.29, 0.717) is 25.6 Å². The van der Waals surface area contributed by atoms with Crippen molar-refractivity contribution in [1.82, 2.24) is 20.4 Å². The minimum absolute atomic E-state index is 0.0447. The Morgan fingerprint density at radius 2 is 2.08 bits per heavy atom. The maximum Gasteiger partial charge on any atom is 0.225 e. The van der Waals surface area contributed by atoms with Crippen LogP contribution >= 0.6 is 0 Å². The number of amides is 2. The molecule has 1 saturated carbocycles. The quantitative estimate of drug-likeness (QED) is 0.837. The van der Waals surface area contributed by atoms with Gasteiger partial charge in [-0.3, -0.25) is 14.7 Å². The number of aryl methyl sites for hydroxylation is 1. The molecular weight excluding hydrogens is 328 g/mol. The van der Waals surface area contributed by atoms with Crippen molar-refractivity contribution in [2.24, 2.45) is 5.92 Å². The molecule has 4 rings (SSSR count). The molecular formula is C20H24N4O2. The summed E-state index contributed by atoms with van der Waals surface area (Å²) in [6.45, 7) is 3.52. The molecule has 2 aliphatic rings. The zero-order chi connectivity index (χ0) is 18.1. The summed E-state index contributed by atoms with van der Waals surface area (Å²) in [7, 11) is 0. The molecule has 2 N–H and O–H groups in total. The van der Waals surface area contributed by atoms with Gasteiger partial charge in [-0.25, -0.2) is 0 Å². The summed E-state index contributed by atoms with van der Waals surface area (Å²) in [6, 6.07) is 10.2. The lowest BCUT2D eigenvalue weighted by Crippen LogP contribution is -2.32. The molecule has 136 valence electrons. The number of rotatable bonds is 6. The lowest BCUT2D eigenvalue weighted by Gasteiger charge is -2.16. The van der Waals surface area contributed by atoms with Gasteiger partial charge in [0.2, 0.25) is 11.8 Å². The van der Waals surface area contributed by atoms with E-state index < -0.39 is 0 Å². The average Bonchev–Trinajstić information content (AvgIpc) is 3.27. The van der Waals surface area contributed by atoms with E-state index >= 15 is 0 Å². The molecule has 6 nitrogen and oxygen atoms in total. The molecule has 0 radical (unpaired) electrons. The normalized spacial score (nSPS) is 19.8. The van der Waals surface area contributed by atoms with Crippen molar-refractivity contribution in [3.63, 3.8) is 0 Å². The first-order valence-corrected chi connectivity index (χ1v) is 9.23. The third-order valence-corrected chi connectivity index (χ3v) is 5.18. The van der Waals surface area contributed by atoms with Gasteiger partial charge in [-0.15, -0.1) is 0 Å². The van der Waals surface area contributed by atoms with E-state index in [1.54, 1.807) is 4.90 Å². The van der Waals surface area contributed by atoms with Crippen molar-refractivity contribution in [2.45, 2.75) is 45.2 Å². The molecule has 1 saturated heterocycles. The fourth-order valence-electron chi connectivity index (χ4n) is 3.40. The number of likely N-dealkylation sites (tertiary alicyclic amines) is 1. The molecule has 0 spiro atoms. The molecule has 1 aliphatic heterocycles. The number of carbonyl (C=O) groups excluding carboxylic acids is 2. The largest absolute Gasteiger partial charge is 0.350 e. The summed E-state index contributed by atoms with van der Waals surface area (Å²) in [4.78, 5) is 26.5. The van der Waals surface area contributed by atoms with E-state index in [9.17, 15) is 9.59 Å².